The molecule has 2 atom stereocenters. The molecule has 0 unspecified atom stereocenters. The summed E-state index contributed by atoms with van der Waals surface area (Å²) in [6, 6.07) is 5.62. The summed E-state index contributed by atoms with van der Waals surface area (Å²) < 4.78 is 13.0. The summed E-state index contributed by atoms with van der Waals surface area (Å²) in [6.07, 6.45) is 4.86. The van der Waals surface area contributed by atoms with Crippen molar-refractivity contribution < 1.29 is 13.9 Å². The van der Waals surface area contributed by atoms with E-state index in [9.17, 15) is 4.79 Å². The lowest BCUT2D eigenvalue weighted by molar-refractivity contribution is -0.145. The van der Waals surface area contributed by atoms with E-state index in [2.05, 4.69) is 5.10 Å². The minimum atomic E-state index is -0.229. The van der Waals surface area contributed by atoms with E-state index >= 15 is 0 Å². The second kappa shape index (κ2) is 6.36. The van der Waals surface area contributed by atoms with Gasteiger partial charge in [0.15, 0.2) is 0 Å². The van der Waals surface area contributed by atoms with Crippen LogP contribution in [0.25, 0.3) is 0 Å². The van der Waals surface area contributed by atoms with Gasteiger partial charge in [0, 0.05) is 26.9 Å². The Hall–Kier alpha value is -2.08. The van der Waals surface area contributed by atoms with Gasteiger partial charge >= 0.3 is 0 Å². The van der Waals surface area contributed by atoms with Crippen LogP contribution in [0.4, 0.5) is 0 Å². The van der Waals surface area contributed by atoms with Crippen molar-refractivity contribution in [3.05, 3.63) is 42.1 Å². The van der Waals surface area contributed by atoms with Crippen LogP contribution in [0.5, 0.6) is 0 Å². The number of nitrogens with zero attached hydrogens (tertiary/aromatic N) is 3. The van der Waals surface area contributed by atoms with Crippen molar-refractivity contribution in [3.8, 4) is 0 Å². The van der Waals surface area contributed by atoms with Gasteiger partial charge in [0.25, 0.3) is 0 Å². The molecule has 1 amide bonds. The number of amides is 1. The third-order valence-corrected chi connectivity index (χ3v) is 4.14. The van der Waals surface area contributed by atoms with E-state index in [1.807, 2.05) is 25.2 Å². The monoisotopic (exact) mass is 303 g/mol. The Bertz CT molecular complexity index is 620. The number of ether oxygens (including phenoxy) is 1. The van der Waals surface area contributed by atoms with Gasteiger partial charge in [-0.15, -0.1) is 0 Å². The number of carbonyl (C=O) groups is 1. The first-order chi connectivity index (χ1) is 10.7. The molecule has 118 valence electrons. The topological polar surface area (TPSA) is 60.5 Å². The molecule has 6 heteroatoms. The van der Waals surface area contributed by atoms with Gasteiger partial charge in [0.2, 0.25) is 5.91 Å². The first-order valence-corrected chi connectivity index (χ1v) is 7.53. The van der Waals surface area contributed by atoms with Gasteiger partial charge < -0.3 is 14.1 Å². The lowest BCUT2D eigenvalue weighted by Gasteiger charge is -2.33. The quantitative estimate of drug-likeness (QED) is 0.868. The molecule has 0 aliphatic carbocycles. The van der Waals surface area contributed by atoms with Crippen LogP contribution in [0.1, 0.15) is 30.4 Å². The van der Waals surface area contributed by atoms with Gasteiger partial charge in [-0.05, 0) is 31.0 Å². The lowest BCUT2D eigenvalue weighted by atomic mass is 9.90. The zero-order valence-corrected chi connectivity index (χ0v) is 12.9. The average molecular weight is 303 g/mol. The molecule has 1 saturated heterocycles. The maximum absolute atomic E-state index is 12.8. The number of aromatic nitrogens is 2. The molecule has 1 aliphatic heterocycles. The predicted molar refractivity (Wildman–Crippen MR) is 79.8 cm³/mol. The van der Waals surface area contributed by atoms with E-state index in [1.54, 1.807) is 29.1 Å². The molecule has 0 aromatic carbocycles. The predicted octanol–water partition coefficient (Wildman–Crippen LogP) is 2.14. The van der Waals surface area contributed by atoms with Crippen molar-refractivity contribution in [1.29, 1.82) is 0 Å². The number of hydrogen-bond donors (Lipinski definition) is 0. The first kappa shape index (κ1) is 14.8. The molecule has 0 spiro atoms. The molecular weight excluding hydrogens is 282 g/mol. The van der Waals surface area contributed by atoms with Crippen LogP contribution in [0.2, 0.25) is 0 Å². The molecule has 0 radical (unpaired) electrons. The standard InChI is InChI=1S/C16H21N3O3/c1-18(11-12-5-3-9-21-12)16(20)13-6-4-10-22-15(13)14-7-8-17-19(14)2/h3,5,7-9,13,15H,4,6,10-11H2,1-2H3/t13-,15-/m1/s1. The van der Waals surface area contributed by atoms with Gasteiger partial charge in [-0.3, -0.25) is 9.48 Å². The Balaban J connectivity index is 1.75. The van der Waals surface area contributed by atoms with Crippen molar-refractivity contribution in [2.75, 3.05) is 13.7 Å². The van der Waals surface area contributed by atoms with Crippen molar-refractivity contribution in [1.82, 2.24) is 14.7 Å². The SMILES string of the molecule is CN(Cc1ccco1)C(=O)[C@@H]1CCCO[C@H]1c1ccnn1C. The largest absolute Gasteiger partial charge is 0.467 e. The molecule has 0 saturated carbocycles. The van der Waals surface area contributed by atoms with E-state index < -0.39 is 0 Å². The normalized spacial score (nSPS) is 21.7. The van der Waals surface area contributed by atoms with Crippen LogP contribution >= 0.6 is 0 Å². The minimum Gasteiger partial charge on any atom is -0.467 e. The highest BCUT2D eigenvalue weighted by atomic mass is 16.5. The van der Waals surface area contributed by atoms with Gasteiger partial charge in [-0.25, -0.2) is 0 Å². The van der Waals surface area contributed by atoms with E-state index in [0.717, 1.165) is 24.3 Å². The lowest BCUT2D eigenvalue weighted by Crippen LogP contribution is -2.39. The molecule has 2 aromatic heterocycles. The Morgan fingerprint density at radius 1 is 1.50 bits per heavy atom. The van der Waals surface area contributed by atoms with Gasteiger partial charge in [0.05, 0.1) is 24.4 Å². The minimum absolute atomic E-state index is 0.0855. The molecule has 2 aromatic rings. The van der Waals surface area contributed by atoms with Crippen molar-refractivity contribution in [2.45, 2.75) is 25.5 Å². The van der Waals surface area contributed by atoms with E-state index in [4.69, 9.17) is 9.15 Å². The fourth-order valence-electron chi connectivity index (χ4n) is 2.99. The van der Waals surface area contributed by atoms with Gasteiger partial charge in [-0.1, -0.05) is 0 Å². The van der Waals surface area contributed by atoms with Crippen LogP contribution in [0.3, 0.4) is 0 Å². The highest BCUT2D eigenvalue weighted by Gasteiger charge is 2.36. The summed E-state index contributed by atoms with van der Waals surface area (Å²) in [7, 11) is 3.68. The van der Waals surface area contributed by atoms with Crippen molar-refractivity contribution in [3.63, 3.8) is 0 Å². The molecule has 1 fully saturated rings. The summed E-state index contributed by atoms with van der Waals surface area (Å²) in [5.74, 6) is 0.691. The summed E-state index contributed by atoms with van der Waals surface area (Å²) in [5.41, 5.74) is 0.949. The number of aryl methyl sites for hydroxylation is 1. The van der Waals surface area contributed by atoms with Crippen LogP contribution in [-0.4, -0.2) is 34.2 Å². The number of rotatable bonds is 4. The molecule has 3 rings (SSSR count). The molecule has 0 N–H and O–H groups in total. The van der Waals surface area contributed by atoms with Crippen LogP contribution in [0.15, 0.2) is 35.1 Å². The summed E-state index contributed by atoms with van der Waals surface area (Å²) in [5, 5.41) is 4.19. The molecule has 3 heterocycles. The number of hydrogen-bond acceptors (Lipinski definition) is 4. The smallest absolute Gasteiger partial charge is 0.228 e. The Morgan fingerprint density at radius 3 is 3.05 bits per heavy atom. The zero-order valence-electron chi connectivity index (χ0n) is 12.9. The highest BCUT2D eigenvalue weighted by molar-refractivity contribution is 5.79. The van der Waals surface area contributed by atoms with E-state index in [0.29, 0.717) is 13.2 Å². The number of furan rings is 1. The number of carbonyl (C=O) groups excluding carboxylic acids is 1. The second-order valence-corrected chi connectivity index (χ2v) is 5.69. The maximum atomic E-state index is 12.8. The summed E-state index contributed by atoms with van der Waals surface area (Å²) >= 11 is 0. The van der Waals surface area contributed by atoms with Crippen molar-refractivity contribution in [2.24, 2.45) is 13.0 Å². The Kier molecular flexibility index (Phi) is 4.29. The first-order valence-electron chi connectivity index (χ1n) is 7.53. The fourth-order valence-corrected chi connectivity index (χ4v) is 2.99. The van der Waals surface area contributed by atoms with Crippen molar-refractivity contribution >= 4 is 5.91 Å². The third-order valence-electron chi connectivity index (χ3n) is 4.14. The average Bonchev–Trinajstić information content (AvgIpc) is 3.18. The fraction of sp³-hybridized carbons (Fsp3) is 0.500. The molecule has 22 heavy (non-hydrogen) atoms. The maximum Gasteiger partial charge on any atom is 0.228 e. The molecule has 0 bridgehead atoms. The van der Waals surface area contributed by atoms with Gasteiger partial charge in [-0.2, -0.15) is 5.10 Å². The summed E-state index contributed by atoms with van der Waals surface area (Å²) in [4.78, 5) is 14.5. The van der Waals surface area contributed by atoms with Crippen LogP contribution in [-0.2, 0) is 23.1 Å². The second-order valence-electron chi connectivity index (χ2n) is 5.69. The third kappa shape index (κ3) is 2.92. The van der Waals surface area contributed by atoms with Crippen LogP contribution in [0, 0.1) is 5.92 Å². The van der Waals surface area contributed by atoms with E-state index in [-0.39, 0.29) is 17.9 Å². The Morgan fingerprint density at radius 2 is 2.36 bits per heavy atom. The van der Waals surface area contributed by atoms with Crippen LogP contribution < -0.4 is 0 Å². The molecule has 1 aliphatic rings. The Labute approximate surface area is 129 Å². The highest BCUT2D eigenvalue weighted by Crippen LogP contribution is 2.34. The molecule has 6 nitrogen and oxygen atoms in total. The summed E-state index contributed by atoms with van der Waals surface area (Å²) in [6.45, 7) is 1.15. The van der Waals surface area contributed by atoms with Gasteiger partial charge in [0.1, 0.15) is 11.9 Å². The van der Waals surface area contributed by atoms with E-state index in [1.165, 1.54) is 0 Å². The molecular formula is C16H21N3O3. The zero-order chi connectivity index (χ0) is 15.5.